The fraction of sp³-hybridized carbons (Fsp3) is 0.529. The highest BCUT2D eigenvalue weighted by molar-refractivity contribution is 7.18. The molecular formula is C17H22N2O6S. The van der Waals surface area contributed by atoms with Gasteiger partial charge in [0.2, 0.25) is 0 Å². The number of carbonyl (C=O) groups excluding carboxylic acids is 3. The van der Waals surface area contributed by atoms with E-state index in [4.69, 9.17) is 14.2 Å². The lowest BCUT2D eigenvalue weighted by Gasteiger charge is -2.21. The van der Waals surface area contributed by atoms with Crippen LogP contribution in [0.3, 0.4) is 0 Å². The monoisotopic (exact) mass is 382 g/mol. The first-order valence-electron chi connectivity index (χ1n) is 8.16. The van der Waals surface area contributed by atoms with E-state index < -0.39 is 17.9 Å². The predicted molar refractivity (Wildman–Crippen MR) is 95.2 cm³/mol. The number of nitriles is 1. The minimum absolute atomic E-state index is 0.189. The van der Waals surface area contributed by atoms with Gasteiger partial charge in [0.1, 0.15) is 29.0 Å². The molecule has 0 aliphatic rings. The lowest BCUT2D eigenvalue weighted by molar-refractivity contribution is -0.142. The largest absolute Gasteiger partial charge is 0.465 e. The Labute approximate surface area is 156 Å². The van der Waals surface area contributed by atoms with Gasteiger partial charge < -0.3 is 19.1 Å². The molecule has 0 saturated heterocycles. The third kappa shape index (κ3) is 5.46. The average molecular weight is 382 g/mol. The number of ether oxygens (including phenoxy) is 3. The molecule has 0 aromatic carbocycles. The second kappa shape index (κ2) is 10.4. The van der Waals surface area contributed by atoms with Gasteiger partial charge in [-0.15, -0.1) is 11.3 Å². The van der Waals surface area contributed by atoms with Gasteiger partial charge in [0.25, 0.3) is 0 Å². The van der Waals surface area contributed by atoms with Crippen LogP contribution in [0.2, 0.25) is 0 Å². The molecular weight excluding hydrogens is 360 g/mol. The van der Waals surface area contributed by atoms with E-state index in [1.807, 2.05) is 6.07 Å². The molecule has 26 heavy (non-hydrogen) atoms. The highest BCUT2D eigenvalue weighted by atomic mass is 32.1. The van der Waals surface area contributed by atoms with Crippen molar-refractivity contribution in [1.29, 1.82) is 5.26 Å². The molecule has 0 atom stereocenters. The van der Waals surface area contributed by atoms with Gasteiger partial charge in [-0.1, -0.05) is 0 Å². The van der Waals surface area contributed by atoms with Crippen molar-refractivity contribution in [1.82, 2.24) is 0 Å². The maximum absolute atomic E-state index is 12.1. The zero-order valence-corrected chi connectivity index (χ0v) is 16.1. The van der Waals surface area contributed by atoms with Crippen LogP contribution >= 0.6 is 11.3 Å². The SMILES string of the molecule is CCOC(=O)CN(CC(=O)OCC)c1sc(C(=O)OCC)c(C)c1C#N. The Morgan fingerprint density at radius 3 is 1.92 bits per heavy atom. The molecule has 0 fully saturated rings. The summed E-state index contributed by atoms with van der Waals surface area (Å²) < 4.78 is 14.9. The molecule has 0 unspecified atom stereocenters. The number of esters is 3. The zero-order chi connectivity index (χ0) is 19.7. The van der Waals surface area contributed by atoms with E-state index in [1.54, 1.807) is 27.7 Å². The molecule has 1 aromatic heterocycles. The van der Waals surface area contributed by atoms with Gasteiger partial charge in [-0.3, -0.25) is 9.59 Å². The van der Waals surface area contributed by atoms with Crippen molar-refractivity contribution in [3.8, 4) is 6.07 Å². The van der Waals surface area contributed by atoms with Crippen molar-refractivity contribution in [3.63, 3.8) is 0 Å². The van der Waals surface area contributed by atoms with Crippen LogP contribution in [0.5, 0.6) is 0 Å². The molecule has 0 amide bonds. The van der Waals surface area contributed by atoms with E-state index >= 15 is 0 Å². The Morgan fingerprint density at radius 1 is 1.00 bits per heavy atom. The van der Waals surface area contributed by atoms with Crippen LogP contribution in [0.1, 0.15) is 41.6 Å². The van der Waals surface area contributed by atoms with E-state index in [9.17, 15) is 19.6 Å². The number of rotatable bonds is 9. The van der Waals surface area contributed by atoms with Crippen LogP contribution in [0.4, 0.5) is 5.00 Å². The average Bonchev–Trinajstić information content (AvgIpc) is 2.91. The summed E-state index contributed by atoms with van der Waals surface area (Å²) in [6.45, 7) is 6.72. The van der Waals surface area contributed by atoms with Crippen molar-refractivity contribution in [3.05, 3.63) is 16.0 Å². The Balaban J connectivity index is 3.28. The van der Waals surface area contributed by atoms with Crippen LogP contribution in [0, 0.1) is 18.3 Å². The van der Waals surface area contributed by atoms with Crippen molar-refractivity contribution in [2.24, 2.45) is 0 Å². The topological polar surface area (TPSA) is 106 Å². The highest BCUT2D eigenvalue weighted by Gasteiger charge is 2.27. The van der Waals surface area contributed by atoms with Crippen LogP contribution in [0.15, 0.2) is 0 Å². The Bertz CT molecular complexity index is 687. The maximum Gasteiger partial charge on any atom is 0.348 e. The fourth-order valence-corrected chi connectivity index (χ4v) is 3.32. The number of hydrogen-bond donors (Lipinski definition) is 0. The highest BCUT2D eigenvalue weighted by Crippen LogP contribution is 2.36. The summed E-state index contributed by atoms with van der Waals surface area (Å²) in [7, 11) is 0. The molecule has 0 radical (unpaired) electrons. The Hall–Kier alpha value is -2.60. The Morgan fingerprint density at radius 2 is 1.50 bits per heavy atom. The second-order valence-corrected chi connectivity index (χ2v) is 6.03. The molecule has 0 aliphatic heterocycles. The van der Waals surface area contributed by atoms with Crippen molar-refractivity contribution >= 4 is 34.2 Å². The van der Waals surface area contributed by atoms with Gasteiger partial charge in [0.15, 0.2) is 0 Å². The predicted octanol–water partition coefficient (Wildman–Crippen LogP) is 2.04. The number of carbonyl (C=O) groups is 3. The van der Waals surface area contributed by atoms with E-state index in [0.717, 1.165) is 11.3 Å². The normalized spacial score (nSPS) is 9.96. The van der Waals surface area contributed by atoms with Crippen molar-refractivity contribution in [2.45, 2.75) is 27.7 Å². The minimum Gasteiger partial charge on any atom is -0.465 e. The number of hydrogen-bond acceptors (Lipinski definition) is 9. The van der Waals surface area contributed by atoms with E-state index in [1.165, 1.54) is 4.90 Å². The molecule has 0 bridgehead atoms. The molecule has 142 valence electrons. The summed E-state index contributed by atoms with van der Waals surface area (Å²) in [5, 5.41) is 9.82. The van der Waals surface area contributed by atoms with Gasteiger partial charge >= 0.3 is 17.9 Å². The molecule has 0 N–H and O–H groups in total. The molecule has 0 spiro atoms. The molecule has 0 saturated carbocycles. The van der Waals surface area contributed by atoms with Crippen LogP contribution in [-0.4, -0.2) is 50.8 Å². The molecule has 1 aromatic rings. The first-order chi connectivity index (χ1) is 12.4. The van der Waals surface area contributed by atoms with Gasteiger partial charge in [0.05, 0.1) is 25.4 Å². The third-order valence-electron chi connectivity index (χ3n) is 3.24. The summed E-state index contributed by atoms with van der Waals surface area (Å²) in [5.74, 6) is -1.65. The summed E-state index contributed by atoms with van der Waals surface area (Å²) in [5.41, 5.74) is 0.662. The van der Waals surface area contributed by atoms with Crippen LogP contribution in [0.25, 0.3) is 0 Å². The van der Waals surface area contributed by atoms with Gasteiger partial charge in [-0.25, -0.2) is 4.79 Å². The lowest BCUT2D eigenvalue weighted by atomic mass is 10.1. The van der Waals surface area contributed by atoms with Gasteiger partial charge in [-0.2, -0.15) is 5.26 Å². The smallest absolute Gasteiger partial charge is 0.348 e. The standard InChI is InChI=1S/C17H22N2O6S/c1-5-23-13(20)9-19(10-14(21)24-6-2)16-12(8-18)11(4)15(26-16)17(22)25-7-3/h5-7,9-10H2,1-4H3. The fourth-order valence-electron chi connectivity index (χ4n) is 2.17. The van der Waals surface area contributed by atoms with Crippen molar-refractivity contribution in [2.75, 3.05) is 37.8 Å². The van der Waals surface area contributed by atoms with E-state index in [2.05, 4.69) is 0 Å². The zero-order valence-electron chi connectivity index (χ0n) is 15.3. The lowest BCUT2D eigenvalue weighted by Crippen LogP contribution is -2.36. The van der Waals surface area contributed by atoms with E-state index in [0.29, 0.717) is 10.6 Å². The second-order valence-electron chi connectivity index (χ2n) is 5.03. The molecule has 1 heterocycles. The Kier molecular flexibility index (Phi) is 8.58. The molecule has 0 aliphatic carbocycles. The van der Waals surface area contributed by atoms with Gasteiger partial charge in [-0.05, 0) is 33.3 Å². The number of nitrogens with zero attached hydrogens (tertiary/aromatic N) is 2. The molecule has 1 rings (SSSR count). The number of anilines is 1. The minimum atomic E-state index is -0.551. The summed E-state index contributed by atoms with van der Waals surface area (Å²) >= 11 is 1.00. The summed E-state index contributed by atoms with van der Waals surface area (Å²) in [4.78, 5) is 37.6. The third-order valence-corrected chi connectivity index (χ3v) is 4.57. The molecule has 9 heteroatoms. The van der Waals surface area contributed by atoms with Crippen LogP contribution in [-0.2, 0) is 23.8 Å². The van der Waals surface area contributed by atoms with Crippen LogP contribution < -0.4 is 4.90 Å². The van der Waals surface area contributed by atoms with Gasteiger partial charge in [0, 0.05) is 0 Å². The molecule has 8 nitrogen and oxygen atoms in total. The first kappa shape index (κ1) is 21.4. The number of thiophene rings is 1. The quantitative estimate of drug-likeness (QED) is 0.472. The maximum atomic E-state index is 12.1. The van der Waals surface area contributed by atoms with E-state index in [-0.39, 0.29) is 43.4 Å². The summed E-state index contributed by atoms with van der Waals surface area (Å²) in [6.07, 6.45) is 0. The first-order valence-corrected chi connectivity index (χ1v) is 8.97. The summed E-state index contributed by atoms with van der Waals surface area (Å²) in [6, 6.07) is 2.03. The van der Waals surface area contributed by atoms with Crippen molar-refractivity contribution < 1.29 is 28.6 Å².